The summed E-state index contributed by atoms with van der Waals surface area (Å²) in [6, 6.07) is 24.5. The maximum absolute atomic E-state index is 12.6. The first kappa shape index (κ1) is 21.3. The minimum absolute atomic E-state index is 0.280. The van der Waals surface area contributed by atoms with E-state index in [0.29, 0.717) is 25.3 Å². The maximum atomic E-state index is 12.6. The molecule has 1 aliphatic heterocycles. The Bertz CT molecular complexity index is 1140. The molecule has 0 unspecified atom stereocenters. The van der Waals surface area contributed by atoms with Crippen molar-refractivity contribution >= 4 is 17.6 Å². The first-order valence-electron chi connectivity index (χ1n) is 10.5. The molecule has 0 atom stereocenters. The van der Waals surface area contributed by atoms with Crippen LogP contribution in [0.1, 0.15) is 33.5 Å². The fourth-order valence-electron chi connectivity index (χ4n) is 3.47. The summed E-state index contributed by atoms with van der Waals surface area (Å²) in [4.78, 5) is 25.1. The SMILES string of the molecule is Cc1cccc(COc2ccccc2C(=O)OCC(=O)N2CCC(c3ccccc3)=N2)c1. The third kappa shape index (κ3) is 5.21. The Kier molecular flexibility index (Phi) is 6.60. The quantitative estimate of drug-likeness (QED) is 0.524. The number of hydrazone groups is 1. The van der Waals surface area contributed by atoms with Gasteiger partial charge in [0.1, 0.15) is 17.9 Å². The molecule has 3 aromatic carbocycles. The van der Waals surface area contributed by atoms with E-state index in [4.69, 9.17) is 9.47 Å². The van der Waals surface area contributed by atoms with Crippen LogP contribution in [-0.2, 0) is 16.1 Å². The third-order valence-corrected chi connectivity index (χ3v) is 5.11. The number of carbonyl (C=O) groups is 2. The molecule has 1 aliphatic rings. The van der Waals surface area contributed by atoms with Gasteiger partial charge in [0.25, 0.3) is 5.91 Å². The van der Waals surface area contributed by atoms with Crippen molar-refractivity contribution in [3.05, 3.63) is 101 Å². The van der Waals surface area contributed by atoms with Crippen molar-refractivity contribution < 1.29 is 19.1 Å². The van der Waals surface area contributed by atoms with Crippen molar-refractivity contribution in [2.45, 2.75) is 20.0 Å². The molecule has 0 fully saturated rings. The van der Waals surface area contributed by atoms with Gasteiger partial charge in [-0.3, -0.25) is 4.79 Å². The summed E-state index contributed by atoms with van der Waals surface area (Å²) in [5.41, 5.74) is 4.25. The third-order valence-electron chi connectivity index (χ3n) is 5.11. The van der Waals surface area contributed by atoms with Crippen LogP contribution in [0.25, 0.3) is 0 Å². The zero-order chi connectivity index (χ0) is 22.3. The van der Waals surface area contributed by atoms with E-state index in [9.17, 15) is 9.59 Å². The number of ether oxygens (including phenoxy) is 2. The summed E-state index contributed by atoms with van der Waals surface area (Å²) in [5.74, 6) is -0.552. The van der Waals surface area contributed by atoms with Gasteiger partial charge in [-0.05, 0) is 30.2 Å². The van der Waals surface area contributed by atoms with Crippen molar-refractivity contribution in [1.82, 2.24) is 5.01 Å². The van der Waals surface area contributed by atoms with E-state index in [1.807, 2.05) is 61.5 Å². The van der Waals surface area contributed by atoms with E-state index in [2.05, 4.69) is 5.10 Å². The van der Waals surface area contributed by atoms with Crippen LogP contribution in [0.3, 0.4) is 0 Å². The Balaban J connectivity index is 1.35. The summed E-state index contributed by atoms with van der Waals surface area (Å²) in [7, 11) is 0. The number of carbonyl (C=O) groups excluding carboxylic acids is 2. The van der Waals surface area contributed by atoms with Gasteiger partial charge in [0.05, 0.1) is 12.3 Å². The summed E-state index contributed by atoms with van der Waals surface area (Å²) in [5, 5.41) is 5.74. The van der Waals surface area contributed by atoms with Gasteiger partial charge in [-0.15, -0.1) is 0 Å². The highest BCUT2D eigenvalue weighted by atomic mass is 16.5. The van der Waals surface area contributed by atoms with E-state index in [0.717, 1.165) is 22.4 Å². The molecule has 0 aliphatic carbocycles. The molecule has 162 valence electrons. The van der Waals surface area contributed by atoms with Crippen molar-refractivity contribution in [2.24, 2.45) is 5.10 Å². The normalized spacial score (nSPS) is 12.9. The lowest BCUT2D eigenvalue weighted by Crippen LogP contribution is -2.28. The van der Waals surface area contributed by atoms with Gasteiger partial charge in [-0.25, -0.2) is 9.80 Å². The minimum Gasteiger partial charge on any atom is -0.488 e. The van der Waals surface area contributed by atoms with E-state index >= 15 is 0 Å². The highest BCUT2D eigenvalue weighted by Crippen LogP contribution is 2.21. The number of para-hydroxylation sites is 1. The van der Waals surface area contributed by atoms with Crippen LogP contribution in [0.4, 0.5) is 0 Å². The second kappa shape index (κ2) is 9.92. The number of nitrogens with zero attached hydrogens (tertiary/aromatic N) is 2. The van der Waals surface area contributed by atoms with Crippen LogP contribution in [0.5, 0.6) is 5.75 Å². The maximum Gasteiger partial charge on any atom is 0.342 e. The number of benzene rings is 3. The Hall–Kier alpha value is -3.93. The number of amides is 1. The van der Waals surface area contributed by atoms with E-state index < -0.39 is 5.97 Å². The van der Waals surface area contributed by atoms with Crippen LogP contribution in [0.15, 0.2) is 84.0 Å². The Morgan fingerprint density at radius 1 is 0.969 bits per heavy atom. The van der Waals surface area contributed by atoms with Gasteiger partial charge in [0.2, 0.25) is 0 Å². The molecule has 0 N–H and O–H groups in total. The van der Waals surface area contributed by atoms with Crippen molar-refractivity contribution in [3.63, 3.8) is 0 Å². The fourth-order valence-corrected chi connectivity index (χ4v) is 3.47. The lowest BCUT2D eigenvalue weighted by atomic mass is 10.1. The Morgan fingerprint density at radius 3 is 2.56 bits per heavy atom. The van der Waals surface area contributed by atoms with E-state index in [1.165, 1.54) is 5.01 Å². The summed E-state index contributed by atoms with van der Waals surface area (Å²) >= 11 is 0. The van der Waals surface area contributed by atoms with Crippen LogP contribution < -0.4 is 4.74 Å². The first-order chi connectivity index (χ1) is 15.6. The fraction of sp³-hybridized carbons (Fsp3) is 0.192. The molecule has 6 heteroatoms. The molecule has 0 radical (unpaired) electrons. The number of esters is 1. The van der Waals surface area contributed by atoms with Crippen molar-refractivity contribution in [3.8, 4) is 5.75 Å². The highest BCUT2D eigenvalue weighted by Gasteiger charge is 2.23. The standard InChI is InChI=1S/C26H24N2O4/c1-19-8-7-9-20(16-19)17-31-24-13-6-5-12-22(24)26(30)32-18-25(29)28-15-14-23(27-28)21-10-3-2-4-11-21/h2-13,16H,14-15,17-18H2,1H3. The van der Waals surface area contributed by atoms with E-state index in [-0.39, 0.29) is 18.1 Å². The van der Waals surface area contributed by atoms with Gasteiger partial charge >= 0.3 is 5.97 Å². The molecular formula is C26H24N2O4. The smallest absolute Gasteiger partial charge is 0.342 e. The van der Waals surface area contributed by atoms with Gasteiger partial charge in [0.15, 0.2) is 6.61 Å². The average molecular weight is 428 g/mol. The largest absolute Gasteiger partial charge is 0.488 e. The minimum atomic E-state index is -0.607. The Morgan fingerprint density at radius 2 is 1.75 bits per heavy atom. The summed E-state index contributed by atoms with van der Waals surface area (Å²) in [6.45, 7) is 2.43. The zero-order valence-corrected chi connectivity index (χ0v) is 17.9. The molecule has 0 saturated carbocycles. The molecule has 4 rings (SSSR count). The average Bonchev–Trinajstić information content (AvgIpc) is 3.32. The number of hydrogen-bond donors (Lipinski definition) is 0. The van der Waals surface area contributed by atoms with Gasteiger partial charge < -0.3 is 9.47 Å². The van der Waals surface area contributed by atoms with Gasteiger partial charge in [-0.1, -0.05) is 72.3 Å². The molecular weight excluding hydrogens is 404 g/mol. The molecule has 0 saturated heterocycles. The Labute approximate surface area is 187 Å². The molecule has 0 spiro atoms. The molecule has 1 heterocycles. The molecule has 0 aromatic heterocycles. The lowest BCUT2D eigenvalue weighted by molar-refractivity contribution is -0.134. The number of rotatable bonds is 7. The zero-order valence-electron chi connectivity index (χ0n) is 17.9. The van der Waals surface area contributed by atoms with Crippen molar-refractivity contribution in [2.75, 3.05) is 13.2 Å². The van der Waals surface area contributed by atoms with Gasteiger partial charge in [0, 0.05) is 6.42 Å². The highest BCUT2D eigenvalue weighted by molar-refractivity contribution is 6.02. The predicted molar refractivity (Wildman–Crippen MR) is 122 cm³/mol. The first-order valence-corrected chi connectivity index (χ1v) is 10.5. The van der Waals surface area contributed by atoms with Crippen molar-refractivity contribution in [1.29, 1.82) is 0 Å². The molecule has 1 amide bonds. The predicted octanol–water partition coefficient (Wildman–Crippen LogP) is 4.37. The van der Waals surface area contributed by atoms with Crippen LogP contribution in [0.2, 0.25) is 0 Å². The summed E-state index contributed by atoms with van der Waals surface area (Å²) in [6.07, 6.45) is 0.666. The van der Waals surface area contributed by atoms with Crippen LogP contribution in [0, 0.1) is 6.92 Å². The lowest BCUT2D eigenvalue weighted by Gasteiger charge is -2.13. The van der Waals surface area contributed by atoms with Gasteiger partial charge in [-0.2, -0.15) is 5.10 Å². The monoisotopic (exact) mass is 428 g/mol. The topological polar surface area (TPSA) is 68.2 Å². The number of aryl methyl sites for hydroxylation is 1. The molecule has 3 aromatic rings. The molecule has 6 nitrogen and oxygen atoms in total. The van der Waals surface area contributed by atoms with E-state index in [1.54, 1.807) is 24.3 Å². The molecule has 0 bridgehead atoms. The summed E-state index contributed by atoms with van der Waals surface area (Å²) < 4.78 is 11.1. The number of hydrogen-bond acceptors (Lipinski definition) is 5. The molecule has 32 heavy (non-hydrogen) atoms. The van der Waals surface area contributed by atoms with Crippen LogP contribution >= 0.6 is 0 Å². The second-order valence-electron chi connectivity index (χ2n) is 7.53. The second-order valence-corrected chi connectivity index (χ2v) is 7.53. The van der Waals surface area contributed by atoms with Crippen LogP contribution in [-0.4, -0.2) is 35.7 Å².